The van der Waals surface area contributed by atoms with Crippen LogP contribution < -0.4 is 5.32 Å². The molecule has 3 aromatic heterocycles. The van der Waals surface area contributed by atoms with E-state index in [9.17, 15) is 0 Å². The largest absolute Gasteiger partial charge is 0.365 e. The summed E-state index contributed by atoms with van der Waals surface area (Å²) >= 11 is 5.76. The minimum atomic E-state index is 0.442. The molecule has 0 spiro atoms. The smallest absolute Gasteiger partial charge is 0.261 e. The van der Waals surface area contributed by atoms with Crippen LogP contribution in [0.5, 0.6) is 0 Å². The van der Waals surface area contributed by atoms with E-state index in [-0.39, 0.29) is 0 Å². The Morgan fingerprint density at radius 2 is 2.14 bits per heavy atom. The van der Waals surface area contributed by atoms with Crippen molar-refractivity contribution in [3.05, 3.63) is 53.2 Å². The van der Waals surface area contributed by atoms with Crippen LogP contribution in [0.15, 0.2) is 41.2 Å². The Morgan fingerprint density at radius 3 is 2.86 bits per heavy atom. The van der Waals surface area contributed by atoms with Gasteiger partial charge in [0.2, 0.25) is 0 Å². The number of aryl methyl sites for hydroxylation is 1. The Kier molecular flexibility index (Phi) is 3.79. The molecule has 0 unspecified atom stereocenters. The van der Waals surface area contributed by atoms with Gasteiger partial charge in [-0.15, -0.1) is 0 Å². The average Bonchev–Trinajstić information content (AvgIpc) is 2.93. The summed E-state index contributed by atoms with van der Waals surface area (Å²) in [5.74, 6) is 1.70. The van der Waals surface area contributed by atoms with E-state index in [4.69, 9.17) is 16.1 Å². The summed E-state index contributed by atoms with van der Waals surface area (Å²) in [6.07, 6.45) is 3.42. The molecule has 0 saturated heterocycles. The number of aromatic nitrogens is 4. The molecule has 3 heterocycles. The zero-order chi connectivity index (χ0) is 14.7. The Bertz CT molecular complexity index is 741. The van der Waals surface area contributed by atoms with Crippen LogP contribution in [0.25, 0.3) is 11.5 Å². The van der Waals surface area contributed by atoms with E-state index >= 15 is 0 Å². The molecule has 0 aliphatic carbocycles. The molecule has 21 heavy (non-hydrogen) atoms. The molecule has 0 saturated carbocycles. The number of anilines is 1. The Hall–Kier alpha value is -2.47. The van der Waals surface area contributed by atoms with E-state index in [2.05, 4.69) is 25.4 Å². The maximum absolute atomic E-state index is 5.76. The minimum Gasteiger partial charge on any atom is -0.365 e. The fourth-order valence-electron chi connectivity index (χ4n) is 1.82. The summed E-state index contributed by atoms with van der Waals surface area (Å²) in [4.78, 5) is 12.6. The van der Waals surface area contributed by atoms with Crippen molar-refractivity contribution in [2.24, 2.45) is 0 Å². The van der Waals surface area contributed by atoms with E-state index in [1.54, 1.807) is 25.4 Å². The molecule has 0 atom stereocenters. The second-order valence-electron chi connectivity index (χ2n) is 4.39. The van der Waals surface area contributed by atoms with Crippen molar-refractivity contribution in [2.75, 3.05) is 5.32 Å². The van der Waals surface area contributed by atoms with Crippen molar-refractivity contribution in [3.63, 3.8) is 0 Å². The molecule has 0 aliphatic rings. The van der Waals surface area contributed by atoms with Crippen LogP contribution in [0.2, 0.25) is 5.15 Å². The number of nitrogens with one attached hydrogen (secondary N) is 1. The van der Waals surface area contributed by atoms with Crippen LogP contribution in [-0.4, -0.2) is 20.1 Å². The van der Waals surface area contributed by atoms with E-state index in [1.165, 1.54) is 0 Å². The Morgan fingerprint density at radius 1 is 1.24 bits per heavy atom. The third-order valence-electron chi connectivity index (χ3n) is 2.81. The summed E-state index contributed by atoms with van der Waals surface area (Å²) in [5.41, 5.74) is 1.76. The second-order valence-corrected chi connectivity index (χ2v) is 4.78. The molecule has 0 fully saturated rings. The maximum atomic E-state index is 5.76. The zero-order valence-corrected chi connectivity index (χ0v) is 12.0. The van der Waals surface area contributed by atoms with Gasteiger partial charge in [-0.2, -0.15) is 4.98 Å². The lowest BCUT2D eigenvalue weighted by molar-refractivity contribution is 0.425. The number of rotatable bonds is 4. The molecular formula is C14H12ClN5O. The normalized spacial score (nSPS) is 10.6. The van der Waals surface area contributed by atoms with Gasteiger partial charge in [-0.1, -0.05) is 22.8 Å². The first-order valence-electron chi connectivity index (χ1n) is 6.32. The molecule has 3 rings (SSSR count). The van der Waals surface area contributed by atoms with Crippen LogP contribution >= 0.6 is 11.6 Å². The molecule has 0 radical (unpaired) electrons. The van der Waals surface area contributed by atoms with Gasteiger partial charge in [0.05, 0.1) is 5.56 Å². The third kappa shape index (κ3) is 3.17. The molecule has 3 aromatic rings. The average molecular weight is 302 g/mol. The molecule has 106 valence electrons. The SMILES string of the molecule is Cc1noc(-c2cccnc2NCc2ccc(Cl)nc2)n1. The Labute approximate surface area is 126 Å². The van der Waals surface area contributed by atoms with E-state index in [0.29, 0.717) is 29.2 Å². The number of hydrogen-bond donors (Lipinski definition) is 1. The maximum Gasteiger partial charge on any atom is 0.261 e. The quantitative estimate of drug-likeness (QED) is 0.746. The monoisotopic (exact) mass is 301 g/mol. The van der Waals surface area contributed by atoms with Gasteiger partial charge < -0.3 is 9.84 Å². The predicted octanol–water partition coefficient (Wildman–Crippen LogP) is 3.10. The van der Waals surface area contributed by atoms with E-state index < -0.39 is 0 Å². The van der Waals surface area contributed by atoms with Gasteiger partial charge >= 0.3 is 0 Å². The number of pyridine rings is 2. The lowest BCUT2D eigenvalue weighted by Gasteiger charge is -2.08. The zero-order valence-electron chi connectivity index (χ0n) is 11.2. The van der Waals surface area contributed by atoms with Crippen molar-refractivity contribution < 1.29 is 4.52 Å². The molecule has 7 heteroatoms. The molecule has 6 nitrogen and oxygen atoms in total. The standard InChI is InChI=1S/C14H12ClN5O/c1-9-19-14(21-20-9)11-3-2-6-16-13(11)18-8-10-4-5-12(15)17-7-10/h2-7H,8H2,1H3,(H,16,18). The van der Waals surface area contributed by atoms with Crippen molar-refractivity contribution in [1.82, 2.24) is 20.1 Å². The van der Waals surface area contributed by atoms with Crippen LogP contribution in [0.1, 0.15) is 11.4 Å². The molecule has 0 bridgehead atoms. The van der Waals surface area contributed by atoms with Gasteiger partial charge in [0, 0.05) is 18.9 Å². The van der Waals surface area contributed by atoms with Gasteiger partial charge in [0.15, 0.2) is 5.82 Å². The number of nitrogens with zero attached hydrogens (tertiary/aromatic N) is 4. The molecule has 1 N–H and O–H groups in total. The lowest BCUT2D eigenvalue weighted by atomic mass is 10.2. The highest BCUT2D eigenvalue weighted by Crippen LogP contribution is 2.24. The van der Waals surface area contributed by atoms with Gasteiger partial charge in [-0.25, -0.2) is 9.97 Å². The highest BCUT2D eigenvalue weighted by Gasteiger charge is 2.12. The van der Waals surface area contributed by atoms with Crippen molar-refractivity contribution in [3.8, 4) is 11.5 Å². The van der Waals surface area contributed by atoms with Gasteiger partial charge in [0.1, 0.15) is 11.0 Å². The highest BCUT2D eigenvalue weighted by molar-refractivity contribution is 6.29. The van der Waals surface area contributed by atoms with E-state index in [1.807, 2.05) is 18.2 Å². The first kappa shape index (κ1) is 13.5. The lowest BCUT2D eigenvalue weighted by Crippen LogP contribution is -2.03. The van der Waals surface area contributed by atoms with Gasteiger partial charge in [-0.3, -0.25) is 0 Å². The predicted molar refractivity (Wildman–Crippen MR) is 78.8 cm³/mol. The topological polar surface area (TPSA) is 76.7 Å². The second kappa shape index (κ2) is 5.88. The van der Waals surface area contributed by atoms with Crippen LogP contribution in [-0.2, 0) is 6.54 Å². The summed E-state index contributed by atoms with van der Waals surface area (Å²) < 4.78 is 5.19. The Balaban J connectivity index is 1.81. The number of halogens is 1. The third-order valence-corrected chi connectivity index (χ3v) is 3.04. The fourth-order valence-corrected chi connectivity index (χ4v) is 1.93. The first-order chi connectivity index (χ1) is 10.2. The van der Waals surface area contributed by atoms with Crippen LogP contribution in [0.3, 0.4) is 0 Å². The minimum absolute atomic E-state index is 0.442. The summed E-state index contributed by atoms with van der Waals surface area (Å²) in [5, 5.41) is 7.50. The fraction of sp³-hybridized carbons (Fsp3) is 0.143. The number of hydrogen-bond acceptors (Lipinski definition) is 6. The molecule has 0 amide bonds. The summed E-state index contributed by atoms with van der Waals surface area (Å²) in [7, 11) is 0. The molecular weight excluding hydrogens is 290 g/mol. The summed E-state index contributed by atoms with van der Waals surface area (Å²) in [6.45, 7) is 2.34. The van der Waals surface area contributed by atoms with Crippen molar-refractivity contribution in [1.29, 1.82) is 0 Å². The molecule has 0 aromatic carbocycles. The van der Waals surface area contributed by atoms with E-state index in [0.717, 1.165) is 11.1 Å². The summed E-state index contributed by atoms with van der Waals surface area (Å²) in [6, 6.07) is 7.35. The first-order valence-corrected chi connectivity index (χ1v) is 6.70. The highest BCUT2D eigenvalue weighted by atomic mass is 35.5. The van der Waals surface area contributed by atoms with Gasteiger partial charge in [-0.05, 0) is 30.7 Å². The molecule has 0 aliphatic heterocycles. The van der Waals surface area contributed by atoms with Crippen molar-refractivity contribution >= 4 is 17.4 Å². The van der Waals surface area contributed by atoms with Crippen LogP contribution in [0, 0.1) is 6.92 Å². The van der Waals surface area contributed by atoms with Crippen LogP contribution in [0.4, 0.5) is 5.82 Å². The van der Waals surface area contributed by atoms with Crippen molar-refractivity contribution in [2.45, 2.75) is 13.5 Å². The van der Waals surface area contributed by atoms with Gasteiger partial charge in [0.25, 0.3) is 5.89 Å².